The lowest BCUT2D eigenvalue weighted by molar-refractivity contribution is -0.255. The summed E-state index contributed by atoms with van der Waals surface area (Å²) in [4.78, 5) is 14.9. The van der Waals surface area contributed by atoms with Gasteiger partial charge in [0.2, 0.25) is 0 Å². The number of carboxylic acid groups (broad SMARTS) is 1. The van der Waals surface area contributed by atoms with Crippen LogP contribution >= 0.6 is 11.6 Å². The van der Waals surface area contributed by atoms with Gasteiger partial charge in [0.1, 0.15) is 11.5 Å². The second kappa shape index (κ2) is 6.50. The van der Waals surface area contributed by atoms with Crippen LogP contribution in [-0.2, 0) is 0 Å². The van der Waals surface area contributed by atoms with Gasteiger partial charge in [0, 0.05) is 10.6 Å². The number of aromatic carboxylic acids is 1. The fourth-order valence-corrected chi connectivity index (χ4v) is 2.14. The summed E-state index contributed by atoms with van der Waals surface area (Å²) in [6.07, 6.45) is 1.58. The van der Waals surface area contributed by atoms with E-state index >= 15 is 0 Å². The van der Waals surface area contributed by atoms with Crippen molar-refractivity contribution in [3.8, 4) is 11.3 Å². The molecule has 0 N–H and O–H groups in total. The van der Waals surface area contributed by atoms with Crippen molar-refractivity contribution in [2.24, 2.45) is 4.99 Å². The number of halogens is 1. The fourth-order valence-electron chi connectivity index (χ4n) is 2.01. The Bertz CT molecular complexity index is 849. The minimum Gasteiger partial charge on any atom is -0.545 e. The summed E-state index contributed by atoms with van der Waals surface area (Å²) in [7, 11) is 0. The van der Waals surface area contributed by atoms with Gasteiger partial charge < -0.3 is 14.3 Å². The van der Waals surface area contributed by atoms with Crippen molar-refractivity contribution in [3.63, 3.8) is 0 Å². The SMILES string of the molecule is O=C([O-])c1ccc(N=Cc2ccc(-c3ccc(Cl)cc3)o2)cc1. The van der Waals surface area contributed by atoms with Gasteiger partial charge >= 0.3 is 0 Å². The molecular formula is C18H11ClNO3-. The van der Waals surface area contributed by atoms with Crippen molar-refractivity contribution >= 4 is 29.5 Å². The van der Waals surface area contributed by atoms with Crippen LogP contribution < -0.4 is 5.11 Å². The molecule has 2 aromatic carbocycles. The van der Waals surface area contributed by atoms with Crippen LogP contribution in [0.2, 0.25) is 5.02 Å². The van der Waals surface area contributed by atoms with Gasteiger partial charge in [-0.3, -0.25) is 4.99 Å². The largest absolute Gasteiger partial charge is 0.545 e. The van der Waals surface area contributed by atoms with Crippen molar-refractivity contribution in [1.82, 2.24) is 0 Å². The highest BCUT2D eigenvalue weighted by Crippen LogP contribution is 2.23. The molecule has 0 fully saturated rings. The molecule has 1 aromatic heterocycles. The molecule has 23 heavy (non-hydrogen) atoms. The monoisotopic (exact) mass is 324 g/mol. The zero-order valence-electron chi connectivity index (χ0n) is 11.9. The smallest absolute Gasteiger partial charge is 0.145 e. The van der Waals surface area contributed by atoms with E-state index in [0.717, 1.165) is 11.3 Å². The lowest BCUT2D eigenvalue weighted by Crippen LogP contribution is -2.21. The Morgan fingerprint density at radius 1 is 1.00 bits per heavy atom. The summed E-state index contributed by atoms with van der Waals surface area (Å²) in [6.45, 7) is 0. The first kappa shape index (κ1) is 15.1. The molecule has 3 rings (SSSR count). The van der Waals surface area contributed by atoms with Gasteiger partial charge in [0.05, 0.1) is 17.9 Å². The van der Waals surface area contributed by atoms with Crippen LogP contribution in [0.1, 0.15) is 16.1 Å². The van der Waals surface area contributed by atoms with Crippen LogP contribution in [0.3, 0.4) is 0 Å². The molecule has 5 heteroatoms. The van der Waals surface area contributed by atoms with E-state index in [4.69, 9.17) is 16.0 Å². The highest BCUT2D eigenvalue weighted by atomic mass is 35.5. The lowest BCUT2D eigenvalue weighted by atomic mass is 10.2. The highest BCUT2D eigenvalue weighted by molar-refractivity contribution is 6.30. The van der Waals surface area contributed by atoms with Crippen LogP contribution in [0.15, 0.2) is 70.1 Å². The fraction of sp³-hybridized carbons (Fsp3) is 0. The molecule has 0 amide bonds. The summed E-state index contributed by atoms with van der Waals surface area (Å²) in [6, 6.07) is 17.1. The van der Waals surface area contributed by atoms with Crippen molar-refractivity contribution in [2.75, 3.05) is 0 Å². The van der Waals surface area contributed by atoms with Crippen LogP contribution in [-0.4, -0.2) is 12.2 Å². The number of hydrogen-bond acceptors (Lipinski definition) is 4. The quantitative estimate of drug-likeness (QED) is 0.687. The van der Waals surface area contributed by atoms with Gasteiger partial charge in [-0.2, -0.15) is 0 Å². The summed E-state index contributed by atoms with van der Waals surface area (Å²) < 4.78 is 5.70. The molecule has 0 bridgehead atoms. The topological polar surface area (TPSA) is 65.6 Å². The van der Waals surface area contributed by atoms with Gasteiger partial charge in [-0.25, -0.2) is 0 Å². The van der Waals surface area contributed by atoms with E-state index in [0.29, 0.717) is 16.5 Å². The molecule has 0 saturated carbocycles. The zero-order chi connectivity index (χ0) is 16.2. The van der Waals surface area contributed by atoms with Crippen molar-refractivity contribution < 1.29 is 14.3 Å². The first-order valence-corrected chi connectivity index (χ1v) is 7.21. The maximum atomic E-state index is 10.7. The number of hydrogen-bond donors (Lipinski definition) is 0. The molecule has 0 unspecified atom stereocenters. The summed E-state index contributed by atoms with van der Waals surface area (Å²) in [5, 5.41) is 11.3. The number of carboxylic acids is 1. The van der Waals surface area contributed by atoms with E-state index in [1.54, 1.807) is 30.5 Å². The maximum absolute atomic E-state index is 10.7. The normalized spacial score (nSPS) is 11.0. The Morgan fingerprint density at radius 3 is 2.35 bits per heavy atom. The molecule has 0 aliphatic carbocycles. The molecule has 0 aliphatic heterocycles. The van der Waals surface area contributed by atoms with E-state index in [1.165, 1.54) is 12.1 Å². The van der Waals surface area contributed by atoms with E-state index < -0.39 is 5.97 Å². The second-order valence-electron chi connectivity index (χ2n) is 4.80. The van der Waals surface area contributed by atoms with Gasteiger partial charge in [0.15, 0.2) is 0 Å². The number of nitrogens with zero attached hydrogens (tertiary/aromatic N) is 1. The van der Waals surface area contributed by atoms with Crippen LogP contribution in [0.25, 0.3) is 11.3 Å². The Hall–Kier alpha value is -2.85. The first-order chi connectivity index (χ1) is 11.1. The van der Waals surface area contributed by atoms with Gasteiger partial charge in [0.25, 0.3) is 0 Å². The lowest BCUT2D eigenvalue weighted by Gasteiger charge is -2.01. The third-order valence-corrected chi connectivity index (χ3v) is 3.45. The molecule has 0 saturated heterocycles. The molecule has 1 heterocycles. The standard InChI is InChI=1S/C18H12ClNO3/c19-14-5-1-12(2-6-14)17-10-9-16(23-17)11-20-15-7-3-13(4-8-15)18(21)22/h1-11H,(H,21,22)/p-1. The molecular weight excluding hydrogens is 314 g/mol. The number of benzene rings is 2. The second-order valence-corrected chi connectivity index (χ2v) is 5.24. The number of rotatable bonds is 4. The van der Waals surface area contributed by atoms with Gasteiger partial charge in [-0.05, 0) is 54.1 Å². The van der Waals surface area contributed by atoms with Crippen LogP contribution in [0.4, 0.5) is 5.69 Å². The maximum Gasteiger partial charge on any atom is 0.145 e. The van der Waals surface area contributed by atoms with E-state index in [-0.39, 0.29) is 5.56 Å². The Balaban J connectivity index is 1.75. The Kier molecular flexibility index (Phi) is 4.26. The molecule has 0 atom stereocenters. The number of carbonyl (C=O) groups is 1. The number of carbonyl (C=O) groups excluding carboxylic acids is 1. The average molecular weight is 325 g/mol. The van der Waals surface area contributed by atoms with Crippen molar-refractivity contribution in [1.29, 1.82) is 0 Å². The molecule has 4 nitrogen and oxygen atoms in total. The molecule has 3 aromatic rings. The molecule has 0 spiro atoms. The van der Waals surface area contributed by atoms with Crippen molar-refractivity contribution in [3.05, 3.63) is 77.0 Å². The predicted molar refractivity (Wildman–Crippen MR) is 87.2 cm³/mol. The zero-order valence-corrected chi connectivity index (χ0v) is 12.7. The average Bonchev–Trinajstić information content (AvgIpc) is 3.03. The molecule has 114 valence electrons. The first-order valence-electron chi connectivity index (χ1n) is 6.83. The van der Waals surface area contributed by atoms with E-state index in [9.17, 15) is 9.90 Å². The van der Waals surface area contributed by atoms with Gasteiger partial charge in [-0.1, -0.05) is 23.7 Å². The predicted octanol–water partition coefficient (Wildman–Crippen LogP) is 3.71. The minimum absolute atomic E-state index is 0.118. The summed E-state index contributed by atoms with van der Waals surface area (Å²) >= 11 is 5.86. The van der Waals surface area contributed by atoms with Crippen molar-refractivity contribution in [2.45, 2.75) is 0 Å². The third kappa shape index (κ3) is 3.67. The van der Waals surface area contributed by atoms with E-state index in [2.05, 4.69) is 4.99 Å². The number of aliphatic imine (C=N–C) groups is 1. The Labute approximate surface area is 137 Å². The molecule has 0 aliphatic rings. The minimum atomic E-state index is -1.21. The third-order valence-electron chi connectivity index (χ3n) is 3.20. The van der Waals surface area contributed by atoms with Gasteiger partial charge in [-0.15, -0.1) is 0 Å². The van der Waals surface area contributed by atoms with Crippen LogP contribution in [0.5, 0.6) is 0 Å². The molecule has 0 radical (unpaired) electrons. The number of furan rings is 1. The highest BCUT2D eigenvalue weighted by Gasteiger charge is 2.03. The Morgan fingerprint density at radius 2 is 1.70 bits per heavy atom. The van der Waals surface area contributed by atoms with Crippen LogP contribution in [0, 0.1) is 0 Å². The summed E-state index contributed by atoms with van der Waals surface area (Å²) in [5.41, 5.74) is 1.67. The van der Waals surface area contributed by atoms with E-state index in [1.807, 2.05) is 24.3 Å². The summed E-state index contributed by atoms with van der Waals surface area (Å²) in [5.74, 6) is 0.105.